The third-order valence-electron chi connectivity index (χ3n) is 3.93. The summed E-state index contributed by atoms with van der Waals surface area (Å²) < 4.78 is 39.0. The van der Waals surface area contributed by atoms with Gasteiger partial charge in [0.1, 0.15) is 0 Å². The lowest BCUT2D eigenvalue weighted by Crippen LogP contribution is -2.44. The second-order valence-electron chi connectivity index (χ2n) is 5.33. The molecule has 0 radical (unpaired) electrons. The van der Waals surface area contributed by atoms with Gasteiger partial charge in [0.2, 0.25) is 0 Å². The number of hydrogen-bond donors (Lipinski definition) is 0. The smallest absolute Gasteiger partial charge is 0.337 e. The van der Waals surface area contributed by atoms with Crippen molar-refractivity contribution in [3.8, 4) is 0 Å². The van der Waals surface area contributed by atoms with E-state index in [2.05, 4.69) is 0 Å². The summed E-state index contributed by atoms with van der Waals surface area (Å²) in [6, 6.07) is 4.66. The molecule has 2 nitrogen and oxygen atoms in total. The summed E-state index contributed by atoms with van der Waals surface area (Å²) in [6.45, 7) is 0. The van der Waals surface area contributed by atoms with E-state index in [0.717, 1.165) is 31.7 Å². The van der Waals surface area contributed by atoms with Gasteiger partial charge in [-0.25, -0.2) is 0 Å². The Labute approximate surface area is 126 Å². The number of hydrogen-bond acceptors (Lipinski definition) is 1. The molecule has 21 heavy (non-hydrogen) atoms. The number of halogens is 4. The van der Waals surface area contributed by atoms with Gasteiger partial charge >= 0.3 is 6.18 Å². The van der Waals surface area contributed by atoms with E-state index in [4.69, 9.17) is 11.6 Å². The van der Waals surface area contributed by atoms with Gasteiger partial charge < -0.3 is 4.90 Å². The van der Waals surface area contributed by atoms with Crippen LogP contribution in [0.2, 0.25) is 0 Å². The van der Waals surface area contributed by atoms with E-state index in [1.165, 1.54) is 30.1 Å². The molecule has 0 spiro atoms. The maximum absolute atomic E-state index is 13.0. The zero-order valence-corrected chi connectivity index (χ0v) is 12.4. The van der Waals surface area contributed by atoms with Gasteiger partial charge in [-0.3, -0.25) is 4.79 Å². The van der Waals surface area contributed by atoms with Crippen LogP contribution in [-0.2, 0) is 6.18 Å². The summed E-state index contributed by atoms with van der Waals surface area (Å²) in [5.41, 5.74) is -1.22. The summed E-state index contributed by atoms with van der Waals surface area (Å²) in [5, 5.41) is -0.203. The van der Waals surface area contributed by atoms with Gasteiger partial charge in [-0.2, -0.15) is 13.2 Å². The summed E-state index contributed by atoms with van der Waals surface area (Å²) in [4.78, 5) is 13.8. The van der Waals surface area contributed by atoms with E-state index in [0.29, 0.717) is 0 Å². The molecule has 1 aromatic rings. The normalized spacial score (nSPS) is 22.9. The molecular formula is C15H17ClF3NO. The Morgan fingerprint density at radius 2 is 1.86 bits per heavy atom. The Morgan fingerprint density at radius 1 is 1.24 bits per heavy atom. The Bertz CT molecular complexity index is 518. The summed E-state index contributed by atoms with van der Waals surface area (Å²) in [6.07, 6.45) is -1.10. The summed E-state index contributed by atoms with van der Waals surface area (Å²) >= 11 is 6.22. The number of benzene rings is 1. The molecule has 1 fully saturated rings. The Balaban J connectivity index is 2.28. The van der Waals surface area contributed by atoms with Gasteiger partial charge in [0.15, 0.2) is 0 Å². The topological polar surface area (TPSA) is 20.3 Å². The second-order valence-corrected chi connectivity index (χ2v) is 5.89. The number of carbonyl (C=O) groups excluding carboxylic acids is 1. The average Bonchev–Trinajstić information content (AvgIpc) is 2.45. The van der Waals surface area contributed by atoms with Crippen LogP contribution in [-0.4, -0.2) is 29.3 Å². The molecular weight excluding hydrogens is 303 g/mol. The lowest BCUT2D eigenvalue weighted by molar-refractivity contribution is -0.138. The molecule has 0 saturated heterocycles. The zero-order valence-electron chi connectivity index (χ0n) is 11.7. The van der Waals surface area contributed by atoms with Crippen molar-refractivity contribution in [1.29, 1.82) is 0 Å². The maximum Gasteiger partial charge on any atom is 0.417 e. The van der Waals surface area contributed by atoms with Crippen LogP contribution in [0.25, 0.3) is 0 Å². The molecule has 2 unspecified atom stereocenters. The highest BCUT2D eigenvalue weighted by molar-refractivity contribution is 6.21. The molecule has 0 bridgehead atoms. The Morgan fingerprint density at radius 3 is 2.48 bits per heavy atom. The third-order valence-corrected chi connectivity index (χ3v) is 4.44. The van der Waals surface area contributed by atoms with Crippen LogP contribution in [0.3, 0.4) is 0 Å². The largest absolute Gasteiger partial charge is 0.417 e. The number of amides is 1. The van der Waals surface area contributed by atoms with Crippen LogP contribution in [0.1, 0.15) is 41.6 Å². The molecule has 0 aliphatic heterocycles. The van der Waals surface area contributed by atoms with E-state index < -0.39 is 17.6 Å². The van der Waals surface area contributed by atoms with Crippen LogP contribution in [0.15, 0.2) is 24.3 Å². The number of rotatable bonds is 2. The van der Waals surface area contributed by atoms with E-state index >= 15 is 0 Å². The highest BCUT2D eigenvalue weighted by atomic mass is 35.5. The minimum Gasteiger partial charge on any atom is -0.337 e. The molecule has 1 aliphatic carbocycles. The standard InChI is InChI=1S/C15H17ClF3NO/c1-20(13-9-5-4-8-12(13)16)14(21)10-6-2-3-7-11(10)15(17,18)19/h2-3,6-7,12-13H,4-5,8-9H2,1H3. The van der Waals surface area contributed by atoms with E-state index in [9.17, 15) is 18.0 Å². The molecule has 1 aromatic carbocycles. The monoisotopic (exact) mass is 319 g/mol. The molecule has 2 atom stereocenters. The molecule has 1 aliphatic rings. The van der Waals surface area contributed by atoms with Crippen LogP contribution in [0, 0.1) is 0 Å². The van der Waals surface area contributed by atoms with Crippen molar-refractivity contribution in [2.75, 3.05) is 7.05 Å². The van der Waals surface area contributed by atoms with Crippen molar-refractivity contribution in [2.45, 2.75) is 43.3 Å². The lowest BCUT2D eigenvalue weighted by Gasteiger charge is -2.35. The number of alkyl halides is 4. The van der Waals surface area contributed by atoms with Crippen LogP contribution >= 0.6 is 11.6 Å². The van der Waals surface area contributed by atoms with Crippen molar-refractivity contribution in [1.82, 2.24) is 4.90 Å². The average molecular weight is 320 g/mol. The molecule has 6 heteroatoms. The fourth-order valence-electron chi connectivity index (χ4n) is 2.76. The van der Waals surface area contributed by atoms with Gasteiger partial charge in [0.25, 0.3) is 5.91 Å². The van der Waals surface area contributed by atoms with Gasteiger partial charge in [0, 0.05) is 13.1 Å². The minimum absolute atomic E-state index is 0.203. The quantitative estimate of drug-likeness (QED) is 0.743. The van der Waals surface area contributed by atoms with Crippen molar-refractivity contribution in [2.24, 2.45) is 0 Å². The van der Waals surface area contributed by atoms with Crippen LogP contribution in [0.5, 0.6) is 0 Å². The van der Waals surface area contributed by atoms with E-state index in [1.54, 1.807) is 0 Å². The van der Waals surface area contributed by atoms with Gasteiger partial charge in [-0.15, -0.1) is 11.6 Å². The van der Waals surface area contributed by atoms with E-state index in [1.807, 2.05) is 0 Å². The minimum atomic E-state index is -4.54. The van der Waals surface area contributed by atoms with Crippen LogP contribution < -0.4 is 0 Å². The van der Waals surface area contributed by atoms with Gasteiger partial charge in [-0.1, -0.05) is 25.0 Å². The van der Waals surface area contributed by atoms with Gasteiger partial charge in [-0.05, 0) is 25.0 Å². The van der Waals surface area contributed by atoms with Crippen molar-refractivity contribution < 1.29 is 18.0 Å². The molecule has 1 saturated carbocycles. The van der Waals surface area contributed by atoms with Crippen molar-refractivity contribution >= 4 is 17.5 Å². The fourth-order valence-corrected chi connectivity index (χ4v) is 3.21. The molecule has 0 heterocycles. The molecule has 1 amide bonds. The first-order chi connectivity index (χ1) is 9.82. The zero-order chi connectivity index (χ0) is 15.6. The highest BCUT2D eigenvalue weighted by Gasteiger charge is 2.37. The maximum atomic E-state index is 13.0. The van der Waals surface area contributed by atoms with Gasteiger partial charge in [0.05, 0.1) is 16.5 Å². The first-order valence-corrected chi connectivity index (χ1v) is 7.33. The van der Waals surface area contributed by atoms with Crippen LogP contribution in [0.4, 0.5) is 13.2 Å². The number of carbonyl (C=O) groups is 1. The van der Waals surface area contributed by atoms with E-state index in [-0.39, 0.29) is 17.0 Å². The first-order valence-electron chi connectivity index (χ1n) is 6.90. The Hall–Kier alpha value is -1.23. The lowest BCUT2D eigenvalue weighted by atomic mass is 9.93. The first kappa shape index (κ1) is 16.1. The summed E-state index contributed by atoms with van der Waals surface area (Å²) in [5.74, 6) is -0.625. The Kier molecular flexibility index (Phi) is 4.81. The predicted octanol–water partition coefficient (Wildman–Crippen LogP) is 4.33. The molecule has 2 rings (SSSR count). The van der Waals surface area contributed by atoms with Crippen molar-refractivity contribution in [3.63, 3.8) is 0 Å². The second kappa shape index (κ2) is 6.26. The molecule has 116 valence electrons. The molecule has 0 aromatic heterocycles. The molecule has 0 N–H and O–H groups in total. The summed E-state index contributed by atoms with van der Waals surface area (Å²) in [7, 11) is 1.53. The number of nitrogens with zero attached hydrogens (tertiary/aromatic N) is 1. The third kappa shape index (κ3) is 3.51. The fraction of sp³-hybridized carbons (Fsp3) is 0.533. The predicted molar refractivity (Wildman–Crippen MR) is 75.4 cm³/mol. The highest BCUT2D eigenvalue weighted by Crippen LogP contribution is 2.33. The SMILES string of the molecule is CN(C(=O)c1ccccc1C(F)(F)F)C1CCCCC1Cl. The van der Waals surface area contributed by atoms with Crippen molar-refractivity contribution in [3.05, 3.63) is 35.4 Å².